The number of fused-ring (bicyclic) bond motifs is 4. The van der Waals surface area contributed by atoms with E-state index in [0.29, 0.717) is 5.56 Å². The molecule has 0 unspecified atom stereocenters. The zero-order valence-corrected chi connectivity index (χ0v) is 18.8. The molecular formula is C26H26N6O. The third-order valence-electron chi connectivity index (χ3n) is 6.90. The van der Waals surface area contributed by atoms with Crippen molar-refractivity contribution in [2.75, 3.05) is 38.1 Å². The van der Waals surface area contributed by atoms with Gasteiger partial charge < -0.3 is 20.5 Å². The van der Waals surface area contributed by atoms with Crippen molar-refractivity contribution < 1.29 is 4.79 Å². The van der Waals surface area contributed by atoms with Crippen molar-refractivity contribution in [3.8, 4) is 11.1 Å². The topological polar surface area (TPSA) is 83.2 Å². The highest BCUT2D eigenvalue weighted by atomic mass is 16.1. The predicted octanol–water partition coefficient (Wildman–Crippen LogP) is 3.73. The van der Waals surface area contributed by atoms with Gasteiger partial charge in [0.05, 0.1) is 22.8 Å². The van der Waals surface area contributed by atoms with E-state index in [1.165, 1.54) is 5.69 Å². The van der Waals surface area contributed by atoms with Gasteiger partial charge in [0.2, 0.25) is 0 Å². The van der Waals surface area contributed by atoms with E-state index in [1.807, 2.05) is 24.0 Å². The Bertz CT molecular complexity index is 1540. The Kier molecular flexibility index (Phi) is 4.41. The summed E-state index contributed by atoms with van der Waals surface area (Å²) in [7, 11) is 4.10. The van der Waals surface area contributed by atoms with Crippen molar-refractivity contribution in [3.05, 3.63) is 60.3 Å². The molecule has 0 radical (unpaired) electrons. The Balaban J connectivity index is 1.53. The van der Waals surface area contributed by atoms with Gasteiger partial charge in [0.25, 0.3) is 5.91 Å². The van der Waals surface area contributed by atoms with Crippen LogP contribution in [0.1, 0.15) is 10.4 Å². The van der Waals surface area contributed by atoms with Crippen LogP contribution in [0.4, 0.5) is 5.69 Å². The van der Waals surface area contributed by atoms with Crippen molar-refractivity contribution in [1.29, 1.82) is 0 Å². The number of piperazine rings is 1. The number of nitrogens with zero attached hydrogens (tertiary/aromatic N) is 4. The second-order valence-corrected chi connectivity index (χ2v) is 9.00. The van der Waals surface area contributed by atoms with E-state index in [-0.39, 0.29) is 0 Å². The minimum atomic E-state index is -0.435. The molecule has 33 heavy (non-hydrogen) atoms. The average molecular weight is 439 g/mol. The lowest BCUT2D eigenvalue weighted by Crippen LogP contribution is -2.44. The fraction of sp³-hybridized carbons (Fsp3) is 0.231. The molecular weight excluding hydrogens is 412 g/mol. The van der Waals surface area contributed by atoms with Gasteiger partial charge in [0.1, 0.15) is 0 Å². The first-order valence-corrected chi connectivity index (χ1v) is 11.2. The molecule has 3 N–H and O–H groups in total. The second kappa shape index (κ2) is 7.35. The lowest BCUT2D eigenvalue weighted by molar-refractivity contribution is 0.100. The Morgan fingerprint density at radius 2 is 1.76 bits per heavy atom. The number of carbonyl (C=O) groups is 1. The third-order valence-corrected chi connectivity index (χ3v) is 6.90. The number of nitrogens with two attached hydrogens (primary N) is 1. The van der Waals surface area contributed by atoms with Gasteiger partial charge in [-0.25, -0.2) is 0 Å². The molecule has 2 aromatic heterocycles. The van der Waals surface area contributed by atoms with Gasteiger partial charge in [-0.05, 0) is 60.6 Å². The zero-order valence-electron chi connectivity index (χ0n) is 18.8. The van der Waals surface area contributed by atoms with E-state index >= 15 is 0 Å². The van der Waals surface area contributed by atoms with E-state index in [0.717, 1.165) is 70.0 Å². The van der Waals surface area contributed by atoms with Gasteiger partial charge >= 0.3 is 0 Å². The minimum absolute atomic E-state index is 0.435. The van der Waals surface area contributed by atoms with Gasteiger partial charge in [-0.3, -0.25) is 9.48 Å². The molecule has 1 amide bonds. The predicted molar refractivity (Wildman–Crippen MR) is 134 cm³/mol. The summed E-state index contributed by atoms with van der Waals surface area (Å²) in [4.78, 5) is 20.6. The highest BCUT2D eigenvalue weighted by Gasteiger charge is 2.18. The average Bonchev–Trinajstić information content (AvgIpc) is 3.38. The summed E-state index contributed by atoms with van der Waals surface area (Å²) in [6.45, 7) is 4.12. The van der Waals surface area contributed by atoms with Crippen molar-refractivity contribution in [2.24, 2.45) is 12.8 Å². The molecule has 0 atom stereocenters. The Morgan fingerprint density at radius 3 is 2.55 bits per heavy atom. The smallest absolute Gasteiger partial charge is 0.250 e. The summed E-state index contributed by atoms with van der Waals surface area (Å²) in [5.41, 5.74) is 12.4. The van der Waals surface area contributed by atoms with E-state index in [4.69, 9.17) is 5.73 Å². The number of carbonyl (C=O) groups excluding carboxylic acids is 1. The van der Waals surface area contributed by atoms with Crippen LogP contribution in [0.2, 0.25) is 0 Å². The molecule has 3 aromatic carbocycles. The molecule has 3 heterocycles. The molecule has 1 aliphatic heterocycles. The fourth-order valence-corrected chi connectivity index (χ4v) is 4.95. The Morgan fingerprint density at radius 1 is 0.939 bits per heavy atom. The summed E-state index contributed by atoms with van der Waals surface area (Å²) >= 11 is 0. The summed E-state index contributed by atoms with van der Waals surface area (Å²) in [6.07, 6.45) is 1.86. The number of anilines is 1. The van der Waals surface area contributed by atoms with Gasteiger partial charge in [-0.15, -0.1) is 0 Å². The standard InChI is InChI=1S/C26H26N6O/c1-30-7-9-32(10-8-30)19-4-5-23-20(14-19)21-12-17(13-22(26(27)33)25(21)29-23)16-3-6-24-18(11-16)15-28-31(24)2/h3-6,11-15,29H,7-10H2,1-2H3,(H2,27,33). The summed E-state index contributed by atoms with van der Waals surface area (Å²) < 4.78 is 1.86. The number of likely N-dealkylation sites (N-methyl/N-ethyl adjacent to an activating group) is 1. The normalized spacial score (nSPS) is 15.2. The number of aromatic nitrogens is 3. The highest BCUT2D eigenvalue weighted by molar-refractivity contribution is 6.16. The number of primary amides is 1. The van der Waals surface area contributed by atoms with Gasteiger partial charge in [0.15, 0.2) is 0 Å². The van der Waals surface area contributed by atoms with E-state index in [9.17, 15) is 4.79 Å². The van der Waals surface area contributed by atoms with Crippen LogP contribution < -0.4 is 10.6 Å². The maximum absolute atomic E-state index is 12.4. The number of hydrogen-bond acceptors (Lipinski definition) is 4. The monoisotopic (exact) mass is 438 g/mol. The number of amides is 1. The number of hydrogen-bond donors (Lipinski definition) is 2. The second-order valence-electron chi connectivity index (χ2n) is 9.00. The van der Waals surface area contributed by atoms with Crippen molar-refractivity contribution in [3.63, 3.8) is 0 Å². The molecule has 7 nitrogen and oxygen atoms in total. The molecule has 0 spiro atoms. The first kappa shape index (κ1) is 19.8. The van der Waals surface area contributed by atoms with Crippen LogP contribution in [0.25, 0.3) is 43.8 Å². The molecule has 0 aliphatic carbocycles. The van der Waals surface area contributed by atoms with E-state index < -0.39 is 5.91 Å². The van der Waals surface area contributed by atoms with E-state index in [1.54, 1.807) is 0 Å². The first-order valence-electron chi connectivity index (χ1n) is 11.2. The maximum Gasteiger partial charge on any atom is 0.250 e. The molecule has 1 fully saturated rings. The Labute approximate surface area is 191 Å². The van der Waals surface area contributed by atoms with Gasteiger partial charge in [-0.1, -0.05) is 6.07 Å². The van der Waals surface area contributed by atoms with Crippen LogP contribution >= 0.6 is 0 Å². The van der Waals surface area contributed by atoms with Crippen LogP contribution in [0, 0.1) is 0 Å². The summed E-state index contributed by atoms with van der Waals surface area (Å²) in [5.74, 6) is -0.435. The quantitative estimate of drug-likeness (QED) is 0.450. The Hall–Kier alpha value is -3.84. The van der Waals surface area contributed by atoms with E-state index in [2.05, 4.69) is 69.4 Å². The molecule has 166 valence electrons. The van der Waals surface area contributed by atoms with Crippen LogP contribution in [-0.2, 0) is 7.05 Å². The SMILES string of the molecule is CN1CCN(c2ccc3[nH]c4c(C(N)=O)cc(-c5ccc6c(cnn6C)c5)cc4c3c2)CC1. The number of aromatic amines is 1. The fourth-order valence-electron chi connectivity index (χ4n) is 4.95. The first-order chi connectivity index (χ1) is 16.0. The molecule has 0 bridgehead atoms. The van der Waals surface area contributed by atoms with Crippen molar-refractivity contribution in [1.82, 2.24) is 19.7 Å². The van der Waals surface area contributed by atoms with Crippen LogP contribution in [0.3, 0.4) is 0 Å². The minimum Gasteiger partial charge on any atom is -0.369 e. The van der Waals surface area contributed by atoms with Crippen LogP contribution in [0.5, 0.6) is 0 Å². The molecule has 5 aromatic rings. The molecule has 6 rings (SSSR count). The summed E-state index contributed by atoms with van der Waals surface area (Å²) in [6, 6.07) is 16.8. The lowest BCUT2D eigenvalue weighted by atomic mass is 9.98. The maximum atomic E-state index is 12.4. The number of aryl methyl sites for hydroxylation is 1. The van der Waals surface area contributed by atoms with Crippen LogP contribution in [-0.4, -0.2) is 58.8 Å². The lowest BCUT2D eigenvalue weighted by Gasteiger charge is -2.34. The largest absolute Gasteiger partial charge is 0.369 e. The molecule has 0 saturated carbocycles. The number of H-pyrrole nitrogens is 1. The number of nitrogens with one attached hydrogen (secondary N) is 1. The summed E-state index contributed by atoms with van der Waals surface area (Å²) in [5, 5.41) is 7.53. The van der Waals surface area contributed by atoms with Crippen molar-refractivity contribution in [2.45, 2.75) is 0 Å². The molecule has 7 heteroatoms. The van der Waals surface area contributed by atoms with Gasteiger partial charge in [-0.2, -0.15) is 5.10 Å². The molecule has 1 aliphatic rings. The zero-order chi connectivity index (χ0) is 22.7. The third kappa shape index (κ3) is 3.24. The number of rotatable bonds is 3. The highest BCUT2D eigenvalue weighted by Crippen LogP contribution is 2.35. The van der Waals surface area contributed by atoms with Crippen molar-refractivity contribution >= 4 is 44.3 Å². The van der Waals surface area contributed by atoms with Gasteiger partial charge in [0, 0.05) is 60.6 Å². The number of benzene rings is 3. The van der Waals surface area contributed by atoms with Crippen LogP contribution in [0.15, 0.2) is 54.7 Å². The molecule has 1 saturated heterocycles.